The minimum atomic E-state index is -0.182. The zero-order valence-corrected chi connectivity index (χ0v) is 12.2. The first-order valence-corrected chi connectivity index (χ1v) is 7.44. The monoisotopic (exact) mass is 291 g/mol. The van der Waals surface area contributed by atoms with Gasteiger partial charge in [0.25, 0.3) is 0 Å². The fourth-order valence-electron chi connectivity index (χ4n) is 3.10. The van der Waals surface area contributed by atoms with Gasteiger partial charge in [-0.2, -0.15) is 0 Å². The SMILES string of the molecule is CC(=O)NC1CCN(C(=O)C2Cc3nc[nH]c3CN2)CC1. The number of H-pyrrole nitrogens is 1. The van der Waals surface area contributed by atoms with E-state index in [1.54, 1.807) is 6.33 Å². The summed E-state index contributed by atoms with van der Waals surface area (Å²) in [6.07, 6.45) is 3.97. The van der Waals surface area contributed by atoms with Crippen LogP contribution < -0.4 is 10.6 Å². The highest BCUT2D eigenvalue weighted by Gasteiger charge is 2.31. The summed E-state index contributed by atoms with van der Waals surface area (Å²) in [6, 6.07) is 0.0157. The molecule has 1 aromatic rings. The highest BCUT2D eigenvalue weighted by Crippen LogP contribution is 2.17. The smallest absolute Gasteiger partial charge is 0.240 e. The van der Waals surface area contributed by atoms with Crippen LogP contribution in [0.3, 0.4) is 0 Å². The number of rotatable bonds is 2. The van der Waals surface area contributed by atoms with Gasteiger partial charge in [-0.25, -0.2) is 4.98 Å². The molecule has 1 saturated heterocycles. The predicted molar refractivity (Wildman–Crippen MR) is 76.3 cm³/mol. The van der Waals surface area contributed by atoms with Crippen LogP contribution in [0.4, 0.5) is 0 Å². The van der Waals surface area contributed by atoms with E-state index in [9.17, 15) is 9.59 Å². The number of nitrogens with one attached hydrogen (secondary N) is 3. The van der Waals surface area contributed by atoms with Crippen LogP contribution in [0.25, 0.3) is 0 Å². The number of piperidine rings is 1. The summed E-state index contributed by atoms with van der Waals surface area (Å²) in [7, 11) is 0. The van der Waals surface area contributed by atoms with Crippen molar-refractivity contribution in [2.24, 2.45) is 0 Å². The maximum Gasteiger partial charge on any atom is 0.240 e. The Labute approximate surface area is 123 Å². The van der Waals surface area contributed by atoms with Crippen molar-refractivity contribution >= 4 is 11.8 Å². The van der Waals surface area contributed by atoms with E-state index < -0.39 is 0 Å². The number of imidazole rings is 1. The highest BCUT2D eigenvalue weighted by atomic mass is 16.2. The fourth-order valence-corrected chi connectivity index (χ4v) is 3.10. The Kier molecular flexibility index (Phi) is 3.92. The van der Waals surface area contributed by atoms with E-state index in [0.717, 1.165) is 24.2 Å². The van der Waals surface area contributed by atoms with E-state index in [-0.39, 0.29) is 23.9 Å². The molecule has 7 nitrogen and oxygen atoms in total. The van der Waals surface area contributed by atoms with Gasteiger partial charge in [0.05, 0.1) is 23.8 Å². The molecule has 0 bridgehead atoms. The molecule has 1 aromatic heterocycles. The van der Waals surface area contributed by atoms with Gasteiger partial charge in [-0.05, 0) is 12.8 Å². The van der Waals surface area contributed by atoms with Crippen molar-refractivity contribution in [2.75, 3.05) is 13.1 Å². The molecule has 2 aliphatic rings. The van der Waals surface area contributed by atoms with Crippen molar-refractivity contribution in [1.29, 1.82) is 0 Å². The van der Waals surface area contributed by atoms with Gasteiger partial charge in [-0.15, -0.1) is 0 Å². The zero-order valence-electron chi connectivity index (χ0n) is 12.2. The minimum Gasteiger partial charge on any atom is -0.353 e. The lowest BCUT2D eigenvalue weighted by atomic mass is 10.0. The minimum absolute atomic E-state index is 0.000199. The number of amides is 2. The maximum absolute atomic E-state index is 12.6. The summed E-state index contributed by atoms with van der Waals surface area (Å²) < 4.78 is 0. The summed E-state index contributed by atoms with van der Waals surface area (Å²) in [5, 5.41) is 6.19. The first-order chi connectivity index (χ1) is 10.1. The summed E-state index contributed by atoms with van der Waals surface area (Å²) in [5.74, 6) is 0.143. The van der Waals surface area contributed by atoms with E-state index in [1.807, 2.05) is 4.90 Å². The second-order valence-electron chi connectivity index (χ2n) is 5.77. The van der Waals surface area contributed by atoms with Gasteiger partial charge >= 0.3 is 0 Å². The number of aromatic amines is 1. The second-order valence-corrected chi connectivity index (χ2v) is 5.77. The number of aromatic nitrogens is 2. The molecule has 2 amide bonds. The van der Waals surface area contributed by atoms with Gasteiger partial charge in [0.1, 0.15) is 0 Å². The predicted octanol–water partition coefficient (Wildman–Crippen LogP) is -0.449. The Balaban J connectivity index is 1.54. The van der Waals surface area contributed by atoms with Crippen LogP contribution in [0.5, 0.6) is 0 Å². The normalized spacial score (nSPS) is 22.7. The number of fused-ring (bicyclic) bond motifs is 1. The summed E-state index contributed by atoms with van der Waals surface area (Å²) in [6.45, 7) is 3.60. The molecule has 0 spiro atoms. The first-order valence-electron chi connectivity index (χ1n) is 7.44. The first kappa shape index (κ1) is 14.1. The van der Waals surface area contributed by atoms with Crippen LogP contribution >= 0.6 is 0 Å². The van der Waals surface area contributed by atoms with Crippen molar-refractivity contribution < 1.29 is 9.59 Å². The lowest BCUT2D eigenvalue weighted by molar-refractivity contribution is -0.134. The molecule has 0 aliphatic carbocycles. The van der Waals surface area contributed by atoms with E-state index in [0.29, 0.717) is 26.1 Å². The molecule has 1 atom stereocenters. The number of hydrogen-bond donors (Lipinski definition) is 3. The molecule has 0 radical (unpaired) electrons. The second kappa shape index (κ2) is 5.85. The third kappa shape index (κ3) is 3.07. The fraction of sp³-hybridized carbons (Fsp3) is 0.643. The van der Waals surface area contributed by atoms with Crippen LogP contribution in [0.2, 0.25) is 0 Å². The third-order valence-corrected chi connectivity index (χ3v) is 4.24. The van der Waals surface area contributed by atoms with Crippen molar-refractivity contribution in [1.82, 2.24) is 25.5 Å². The summed E-state index contributed by atoms with van der Waals surface area (Å²) >= 11 is 0. The van der Waals surface area contributed by atoms with Gasteiger partial charge in [-0.1, -0.05) is 0 Å². The Hall–Kier alpha value is -1.89. The van der Waals surface area contributed by atoms with E-state index in [2.05, 4.69) is 20.6 Å². The third-order valence-electron chi connectivity index (χ3n) is 4.24. The van der Waals surface area contributed by atoms with Crippen molar-refractivity contribution in [3.05, 3.63) is 17.7 Å². The molecule has 114 valence electrons. The van der Waals surface area contributed by atoms with E-state index >= 15 is 0 Å². The van der Waals surface area contributed by atoms with Crippen LogP contribution in [0, 0.1) is 0 Å². The van der Waals surface area contributed by atoms with Gasteiger partial charge in [0, 0.05) is 39.0 Å². The van der Waals surface area contributed by atoms with Crippen molar-refractivity contribution in [3.8, 4) is 0 Å². The van der Waals surface area contributed by atoms with Crippen molar-refractivity contribution in [3.63, 3.8) is 0 Å². The zero-order chi connectivity index (χ0) is 14.8. The molecular formula is C14H21N5O2. The van der Waals surface area contributed by atoms with Gasteiger partial charge in [-0.3, -0.25) is 14.9 Å². The van der Waals surface area contributed by atoms with Crippen LogP contribution in [0.1, 0.15) is 31.2 Å². The lowest BCUT2D eigenvalue weighted by Gasteiger charge is -2.35. The van der Waals surface area contributed by atoms with Crippen LogP contribution in [0.15, 0.2) is 6.33 Å². The molecule has 2 aliphatic heterocycles. The summed E-state index contributed by atoms with van der Waals surface area (Å²) in [5.41, 5.74) is 2.06. The number of nitrogens with zero attached hydrogens (tertiary/aromatic N) is 2. The largest absolute Gasteiger partial charge is 0.353 e. The lowest BCUT2D eigenvalue weighted by Crippen LogP contribution is -2.53. The maximum atomic E-state index is 12.6. The molecule has 1 fully saturated rings. The Morgan fingerprint density at radius 1 is 1.38 bits per heavy atom. The molecule has 0 saturated carbocycles. The Morgan fingerprint density at radius 2 is 2.14 bits per heavy atom. The molecular weight excluding hydrogens is 270 g/mol. The molecule has 3 rings (SSSR count). The number of hydrogen-bond acceptors (Lipinski definition) is 4. The molecule has 21 heavy (non-hydrogen) atoms. The molecule has 3 heterocycles. The summed E-state index contributed by atoms with van der Waals surface area (Å²) in [4.78, 5) is 32.9. The topological polar surface area (TPSA) is 90.1 Å². The standard InChI is InChI=1S/C14H21N5O2/c1-9(20)18-10-2-4-19(5-3-10)14(21)12-6-11-13(7-15-12)17-8-16-11/h8,10,12,15H,2-7H2,1H3,(H,16,17)(H,18,20). The molecule has 7 heteroatoms. The van der Waals surface area contributed by atoms with Gasteiger partial charge < -0.3 is 15.2 Å². The van der Waals surface area contributed by atoms with E-state index in [4.69, 9.17) is 0 Å². The number of carbonyl (C=O) groups excluding carboxylic acids is 2. The number of carbonyl (C=O) groups is 2. The number of likely N-dealkylation sites (tertiary alicyclic amines) is 1. The Bertz CT molecular complexity index is 533. The van der Waals surface area contributed by atoms with Gasteiger partial charge in [0.2, 0.25) is 11.8 Å². The Morgan fingerprint density at radius 3 is 2.86 bits per heavy atom. The quantitative estimate of drug-likeness (QED) is 0.688. The van der Waals surface area contributed by atoms with Gasteiger partial charge in [0.15, 0.2) is 0 Å². The van der Waals surface area contributed by atoms with Crippen LogP contribution in [-0.4, -0.2) is 51.9 Å². The van der Waals surface area contributed by atoms with Crippen molar-refractivity contribution in [2.45, 2.75) is 44.8 Å². The average Bonchev–Trinajstić information content (AvgIpc) is 2.94. The van der Waals surface area contributed by atoms with E-state index in [1.165, 1.54) is 6.92 Å². The highest BCUT2D eigenvalue weighted by molar-refractivity contribution is 5.82. The average molecular weight is 291 g/mol. The molecule has 1 unspecified atom stereocenters. The molecule has 0 aromatic carbocycles. The molecule has 3 N–H and O–H groups in total. The van der Waals surface area contributed by atoms with Crippen LogP contribution in [-0.2, 0) is 22.6 Å².